The van der Waals surface area contributed by atoms with Gasteiger partial charge in [-0.3, -0.25) is 4.79 Å². The molecular formula is C11H18O2. The van der Waals surface area contributed by atoms with Gasteiger partial charge < -0.3 is 4.74 Å². The summed E-state index contributed by atoms with van der Waals surface area (Å²) in [7, 11) is 0. The Morgan fingerprint density at radius 1 is 1.54 bits per heavy atom. The highest BCUT2D eigenvalue weighted by Crippen LogP contribution is 2.18. The van der Waals surface area contributed by atoms with Crippen LogP contribution in [0.2, 0.25) is 0 Å². The van der Waals surface area contributed by atoms with Gasteiger partial charge in [0.05, 0.1) is 0 Å². The molecule has 0 aliphatic heterocycles. The summed E-state index contributed by atoms with van der Waals surface area (Å²) in [5, 5.41) is 0. The quantitative estimate of drug-likeness (QED) is 0.466. The fourth-order valence-corrected chi connectivity index (χ4v) is 0.966. The van der Waals surface area contributed by atoms with Crippen LogP contribution < -0.4 is 0 Å². The van der Waals surface area contributed by atoms with Crippen LogP contribution in [-0.2, 0) is 9.53 Å². The Hall–Kier alpha value is -1.05. The average Bonchev–Trinajstić information content (AvgIpc) is 2.04. The fourth-order valence-electron chi connectivity index (χ4n) is 0.966. The van der Waals surface area contributed by atoms with Crippen LogP contribution in [0.4, 0.5) is 0 Å². The van der Waals surface area contributed by atoms with Gasteiger partial charge >= 0.3 is 0 Å². The van der Waals surface area contributed by atoms with Crippen molar-refractivity contribution in [3.63, 3.8) is 0 Å². The second-order valence-electron chi connectivity index (χ2n) is 3.55. The highest BCUT2D eigenvalue weighted by atomic mass is 16.5. The maximum absolute atomic E-state index is 10.2. The summed E-state index contributed by atoms with van der Waals surface area (Å²) in [6, 6.07) is 0. The second-order valence-corrected chi connectivity index (χ2v) is 3.55. The topological polar surface area (TPSA) is 26.3 Å². The zero-order chi connectivity index (χ0) is 10.3. The number of rotatable bonds is 6. The van der Waals surface area contributed by atoms with E-state index in [1.165, 1.54) is 5.57 Å². The number of carbonyl (C=O) groups excluding carboxylic acids is 1. The number of hydrogen-bond acceptors (Lipinski definition) is 2. The van der Waals surface area contributed by atoms with Gasteiger partial charge in [0, 0.05) is 0 Å². The predicted molar refractivity (Wildman–Crippen MR) is 54.4 cm³/mol. The fraction of sp³-hybridized carbons (Fsp3) is 0.545. The lowest BCUT2D eigenvalue weighted by molar-refractivity contribution is -0.138. The van der Waals surface area contributed by atoms with E-state index in [9.17, 15) is 4.79 Å². The molecule has 13 heavy (non-hydrogen) atoms. The molecule has 0 saturated heterocycles. The van der Waals surface area contributed by atoms with E-state index < -0.39 is 5.60 Å². The molecule has 0 bridgehead atoms. The van der Waals surface area contributed by atoms with E-state index in [1.54, 1.807) is 6.08 Å². The zero-order valence-corrected chi connectivity index (χ0v) is 8.67. The monoisotopic (exact) mass is 182 g/mol. The molecule has 0 aliphatic rings. The lowest BCUT2D eigenvalue weighted by atomic mass is 9.99. The Morgan fingerprint density at radius 2 is 2.15 bits per heavy atom. The largest absolute Gasteiger partial charge is 0.457 e. The lowest BCUT2D eigenvalue weighted by Gasteiger charge is -2.22. The van der Waals surface area contributed by atoms with Crippen molar-refractivity contribution < 1.29 is 9.53 Å². The summed E-state index contributed by atoms with van der Waals surface area (Å²) < 4.78 is 4.93. The van der Waals surface area contributed by atoms with Crippen LogP contribution in [-0.4, -0.2) is 12.1 Å². The third-order valence-electron chi connectivity index (χ3n) is 1.94. The van der Waals surface area contributed by atoms with Crippen molar-refractivity contribution in [2.45, 2.75) is 39.2 Å². The van der Waals surface area contributed by atoms with E-state index in [0.29, 0.717) is 6.47 Å². The minimum Gasteiger partial charge on any atom is -0.457 e. The van der Waals surface area contributed by atoms with Gasteiger partial charge in [-0.05, 0) is 39.7 Å². The Bertz CT molecular complexity index is 202. The molecule has 0 aliphatic carbocycles. The van der Waals surface area contributed by atoms with Gasteiger partial charge in [0.1, 0.15) is 5.60 Å². The minimum atomic E-state index is -0.520. The van der Waals surface area contributed by atoms with Gasteiger partial charge in [0.2, 0.25) is 0 Å². The summed E-state index contributed by atoms with van der Waals surface area (Å²) in [6.07, 6.45) is 5.47. The first-order valence-corrected chi connectivity index (χ1v) is 4.42. The number of hydrogen-bond donors (Lipinski definition) is 0. The molecule has 0 N–H and O–H groups in total. The van der Waals surface area contributed by atoms with Gasteiger partial charge in [-0.25, -0.2) is 0 Å². The van der Waals surface area contributed by atoms with Crippen LogP contribution in [0.1, 0.15) is 33.6 Å². The molecule has 0 rings (SSSR count). The van der Waals surface area contributed by atoms with Crippen LogP contribution in [0.15, 0.2) is 24.3 Å². The molecule has 0 unspecified atom stereocenters. The molecule has 0 aromatic carbocycles. The van der Waals surface area contributed by atoms with Crippen LogP contribution >= 0.6 is 0 Å². The van der Waals surface area contributed by atoms with Crippen molar-refractivity contribution in [1.29, 1.82) is 0 Å². The Morgan fingerprint density at radius 3 is 2.54 bits per heavy atom. The molecule has 0 radical (unpaired) electrons. The second kappa shape index (κ2) is 5.57. The molecule has 0 heterocycles. The third-order valence-corrected chi connectivity index (χ3v) is 1.94. The smallest absolute Gasteiger partial charge is 0.293 e. The highest BCUT2D eigenvalue weighted by Gasteiger charge is 2.19. The van der Waals surface area contributed by atoms with Gasteiger partial charge in [0.25, 0.3) is 6.47 Å². The molecule has 2 nitrogen and oxygen atoms in total. The van der Waals surface area contributed by atoms with Gasteiger partial charge in [-0.15, -0.1) is 0 Å². The van der Waals surface area contributed by atoms with Crippen LogP contribution in [0.5, 0.6) is 0 Å². The number of ether oxygens (including phenoxy) is 1. The molecule has 2 heteroatoms. The highest BCUT2D eigenvalue weighted by molar-refractivity contribution is 5.39. The molecular weight excluding hydrogens is 164 g/mol. The third kappa shape index (κ3) is 5.23. The Balaban J connectivity index is 4.04. The molecule has 0 saturated carbocycles. The van der Waals surface area contributed by atoms with E-state index in [-0.39, 0.29) is 0 Å². The first-order valence-electron chi connectivity index (χ1n) is 4.42. The van der Waals surface area contributed by atoms with Crippen molar-refractivity contribution in [2.75, 3.05) is 0 Å². The summed E-state index contributed by atoms with van der Waals surface area (Å²) in [6.45, 7) is 10.1. The van der Waals surface area contributed by atoms with Crippen molar-refractivity contribution in [2.24, 2.45) is 0 Å². The van der Waals surface area contributed by atoms with Crippen molar-refractivity contribution in [3.8, 4) is 0 Å². The Kier molecular flexibility index (Phi) is 5.12. The number of carbonyl (C=O) groups is 1. The summed E-state index contributed by atoms with van der Waals surface area (Å²) in [4.78, 5) is 10.2. The Labute approximate surface area is 80.3 Å². The van der Waals surface area contributed by atoms with E-state index in [1.807, 2.05) is 20.8 Å². The van der Waals surface area contributed by atoms with Crippen molar-refractivity contribution in [1.82, 2.24) is 0 Å². The number of allylic oxidation sites excluding steroid dienone is 2. The molecule has 0 amide bonds. The SMILES string of the molecule is C=C[C@@](C)(CCC=C(C)C)OC=O. The van der Waals surface area contributed by atoms with E-state index in [2.05, 4.69) is 12.7 Å². The normalized spacial score (nSPS) is 14.1. The summed E-state index contributed by atoms with van der Waals surface area (Å²) in [5.41, 5.74) is 0.755. The lowest BCUT2D eigenvalue weighted by Crippen LogP contribution is -2.24. The van der Waals surface area contributed by atoms with E-state index >= 15 is 0 Å². The molecule has 1 atom stereocenters. The first-order chi connectivity index (χ1) is 6.04. The zero-order valence-electron chi connectivity index (χ0n) is 8.67. The van der Waals surface area contributed by atoms with Gasteiger partial charge in [-0.1, -0.05) is 18.2 Å². The summed E-state index contributed by atoms with van der Waals surface area (Å²) >= 11 is 0. The van der Waals surface area contributed by atoms with E-state index in [0.717, 1.165) is 12.8 Å². The standard InChI is InChI=1S/C11H18O2/c1-5-11(4,13-9-12)8-6-7-10(2)3/h5,7,9H,1,6,8H2,2-4H3/t11-/m0/s1. The molecule has 0 spiro atoms. The molecule has 0 fully saturated rings. The van der Waals surface area contributed by atoms with Crippen LogP contribution in [0.3, 0.4) is 0 Å². The van der Waals surface area contributed by atoms with Gasteiger partial charge in [-0.2, -0.15) is 0 Å². The van der Waals surface area contributed by atoms with E-state index in [4.69, 9.17) is 4.74 Å². The predicted octanol–water partition coefficient (Wildman–Crippen LogP) is 2.85. The van der Waals surface area contributed by atoms with Crippen molar-refractivity contribution in [3.05, 3.63) is 24.3 Å². The van der Waals surface area contributed by atoms with Crippen LogP contribution in [0.25, 0.3) is 0 Å². The molecule has 0 aromatic rings. The maximum Gasteiger partial charge on any atom is 0.293 e. The minimum absolute atomic E-state index is 0.476. The average molecular weight is 182 g/mol. The molecule has 0 aromatic heterocycles. The van der Waals surface area contributed by atoms with Crippen molar-refractivity contribution >= 4 is 6.47 Å². The van der Waals surface area contributed by atoms with Crippen LogP contribution in [0, 0.1) is 0 Å². The summed E-state index contributed by atoms with van der Waals surface area (Å²) in [5.74, 6) is 0. The first kappa shape index (κ1) is 11.9. The van der Waals surface area contributed by atoms with Gasteiger partial charge in [0.15, 0.2) is 0 Å². The molecule has 74 valence electrons. The maximum atomic E-state index is 10.2.